The summed E-state index contributed by atoms with van der Waals surface area (Å²) in [5.74, 6) is -1.46. The van der Waals surface area contributed by atoms with Gasteiger partial charge in [-0.3, -0.25) is 9.44 Å². The van der Waals surface area contributed by atoms with E-state index < -0.39 is 32.0 Å². The van der Waals surface area contributed by atoms with Crippen molar-refractivity contribution in [3.8, 4) is 0 Å². The molecule has 10 nitrogen and oxygen atoms in total. The van der Waals surface area contributed by atoms with Crippen molar-refractivity contribution in [1.29, 1.82) is 0 Å². The van der Waals surface area contributed by atoms with Crippen LogP contribution in [0.15, 0.2) is 143 Å². The summed E-state index contributed by atoms with van der Waals surface area (Å²) < 4.78 is 61.0. The number of carbonyl (C=O) groups excluding carboxylic acids is 1. The van der Waals surface area contributed by atoms with E-state index in [1.54, 1.807) is 97.9 Å². The Labute approximate surface area is 314 Å². The molecule has 3 N–H and O–H groups in total. The average Bonchev–Trinajstić information content (AvgIpc) is 3.15. The highest BCUT2D eigenvalue weighted by molar-refractivity contribution is 7.93. The minimum Gasteiger partial charge on any atom is -0.478 e. The molecule has 0 saturated carbocycles. The molecule has 12 heteroatoms. The van der Waals surface area contributed by atoms with E-state index in [1.807, 2.05) is 50.2 Å². The highest BCUT2D eigenvalue weighted by Gasteiger charge is 2.17. The maximum absolute atomic E-state index is 12.7. The first-order valence-electron chi connectivity index (χ1n) is 16.8. The third-order valence-corrected chi connectivity index (χ3v) is 10.9. The standard InChI is InChI=1S/C22H21NO4S.C20H17NO4S/c1-3-27-22(24)15-11-17-10-14-21(20-7-5-4-6-19(17)20)23-28(25,26)18-12-8-16(2)9-13-18;1-14-6-10-16(11-7-14)26(24,25)21-19-12-8-15(9-13-20(22)23)17-4-2-3-5-18(17)19/h4-15,23H,3H2,1-2H3;2-13,21H,1H3,(H,22,23)/b15-11+;13-9+. The van der Waals surface area contributed by atoms with E-state index in [2.05, 4.69) is 9.44 Å². The Bertz CT molecular complexity index is 2600. The maximum Gasteiger partial charge on any atom is 0.330 e. The first-order valence-corrected chi connectivity index (χ1v) is 19.7. The van der Waals surface area contributed by atoms with E-state index in [9.17, 15) is 26.4 Å². The van der Waals surface area contributed by atoms with Gasteiger partial charge in [0.2, 0.25) is 0 Å². The molecule has 0 aromatic heterocycles. The molecule has 0 bridgehead atoms. The molecule has 6 aromatic rings. The second-order valence-electron chi connectivity index (χ2n) is 12.1. The number of ether oxygens (including phenoxy) is 1. The highest BCUT2D eigenvalue weighted by Crippen LogP contribution is 2.31. The van der Waals surface area contributed by atoms with Gasteiger partial charge in [0, 0.05) is 22.9 Å². The third kappa shape index (κ3) is 9.79. The van der Waals surface area contributed by atoms with Crippen molar-refractivity contribution in [3.05, 3.63) is 156 Å². The van der Waals surface area contributed by atoms with Gasteiger partial charge in [-0.25, -0.2) is 26.4 Å². The van der Waals surface area contributed by atoms with E-state index >= 15 is 0 Å². The lowest BCUT2D eigenvalue weighted by Gasteiger charge is -2.12. The van der Waals surface area contributed by atoms with Gasteiger partial charge >= 0.3 is 11.9 Å². The van der Waals surface area contributed by atoms with Crippen molar-refractivity contribution >= 4 is 77.1 Å². The fourth-order valence-corrected chi connectivity index (χ4v) is 7.62. The number of aryl methyl sites for hydroxylation is 2. The van der Waals surface area contributed by atoms with Gasteiger partial charge in [-0.1, -0.05) is 96.1 Å². The lowest BCUT2D eigenvalue weighted by molar-refractivity contribution is -0.137. The second kappa shape index (κ2) is 17.1. The van der Waals surface area contributed by atoms with Crippen LogP contribution < -0.4 is 9.44 Å². The van der Waals surface area contributed by atoms with Gasteiger partial charge < -0.3 is 9.84 Å². The van der Waals surface area contributed by atoms with Gasteiger partial charge in [0.25, 0.3) is 20.0 Å². The average molecular weight is 763 g/mol. The molecule has 6 rings (SSSR count). The summed E-state index contributed by atoms with van der Waals surface area (Å²) in [5.41, 5.74) is 4.37. The van der Waals surface area contributed by atoms with Gasteiger partial charge in [0.15, 0.2) is 0 Å². The van der Waals surface area contributed by atoms with Gasteiger partial charge in [-0.05, 0) is 91.2 Å². The lowest BCUT2D eigenvalue weighted by Crippen LogP contribution is -2.13. The van der Waals surface area contributed by atoms with Crippen LogP contribution in [0.5, 0.6) is 0 Å². The van der Waals surface area contributed by atoms with Crippen LogP contribution in [0, 0.1) is 13.8 Å². The number of nitrogens with one attached hydrogen (secondary N) is 2. The maximum atomic E-state index is 12.7. The molecule has 0 aliphatic heterocycles. The topological polar surface area (TPSA) is 156 Å². The van der Waals surface area contributed by atoms with Gasteiger partial charge in [-0.15, -0.1) is 0 Å². The number of carboxylic acid groups (broad SMARTS) is 1. The van der Waals surface area contributed by atoms with Crippen LogP contribution in [-0.4, -0.2) is 40.5 Å². The zero-order valence-electron chi connectivity index (χ0n) is 29.7. The SMILES string of the molecule is CCOC(=O)/C=C/c1ccc(NS(=O)(=O)c2ccc(C)cc2)c2ccccc12.Cc1ccc(S(=O)(=O)Nc2ccc(/C=C/C(=O)O)c3ccccc23)cc1. The summed E-state index contributed by atoms with van der Waals surface area (Å²) in [7, 11) is -7.43. The molecule has 0 aliphatic rings. The first kappa shape index (κ1) is 39.0. The van der Waals surface area contributed by atoms with Crippen molar-refractivity contribution in [1.82, 2.24) is 0 Å². The molecule has 6 aromatic carbocycles. The van der Waals surface area contributed by atoms with Crippen molar-refractivity contribution in [2.45, 2.75) is 30.6 Å². The fourth-order valence-electron chi connectivity index (χ4n) is 5.46. The second-order valence-corrected chi connectivity index (χ2v) is 15.5. The smallest absolute Gasteiger partial charge is 0.330 e. The Morgan fingerprint density at radius 2 is 0.963 bits per heavy atom. The van der Waals surface area contributed by atoms with Gasteiger partial charge in [0.05, 0.1) is 27.8 Å². The number of hydrogen-bond acceptors (Lipinski definition) is 7. The van der Waals surface area contributed by atoms with E-state index in [4.69, 9.17) is 9.84 Å². The van der Waals surface area contributed by atoms with E-state index in [1.165, 1.54) is 12.2 Å². The molecule has 0 aliphatic carbocycles. The predicted octanol–water partition coefficient (Wildman–Crippen LogP) is 8.57. The molecule has 0 unspecified atom stereocenters. The molecule has 0 spiro atoms. The summed E-state index contributed by atoms with van der Waals surface area (Å²) in [4.78, 5) is 22.7. The summed E-state index contributed by atoms with van der Waals surface area (Å²) in [6.45, 7) is 5.85. The minimum atomic E-state index is -3.72. The van der Waals surface area contributed by atoms with Crippen LogP contribution in [0.25, 0.3) is 33.7 Å². The predicted molar refractivity (Wildman–Crippen MR) is 214 cm³/mol. The van der Waals surface area contributed by atoms with Gasteiger partial charge in [-0.2, -0.15) is 0 Å². The number of anilines is 2. The monoisotopic (exact) mass is 762 g/mol. The Morgan fingerprint density at radius 1 is 0.574 bits per heavy atom. The summed E-state index contributed by atoms with van der Waals surface area (Å²) in [6, 6.07) is 34.7. The molecule has 276 valence electrons. The zero-order valence-corrected chi connectivity index (χ0v) is 31.3. The number of aliphatic carboxylic acids is 1. The van der Waals surface area contributed by atoms with Gasteiger partial charge in [0.1, 0.15) is 0 Å². The normalized spacial score (nSPS) is 11.7. The Kier molecular flexibility index (Phi) is 12.3. The molecule has 0 atom stereocenters. The van der Waals surface area contributed by atoms with Crippen molar-refractivity contribution < 1.29 is 36.3 Å². The molecule has 0 heterocycles. The molecule has 54 heavy (non-hydrogen) atoms. The Balaban J connectivity index is 0.000000208. The largest absolute Gasteiger partial charge is 0.478 e. The van der Waals surface area contributed by atoms with Crippen LogP contribution >= 0.6 is 0 Å². The molecular formula is C42H38N2O8S2. The highest BCUT2D eigenvalue weighted by atomic mass is 32.2. The summed E-state index contributed by atoms with van der Waals surface area (Å²) in [6.07, 6.45) is 5.57. The fraction of sp³-hybridized carbons (Fsp3) is 0.0952. The number of carbonyl (C=O) groups is 2. The van der Waals surface area contributed by atoms with Crippen molar-refractivity contribution in [3.63, 3.8) is 0 Å². The van der Waals surface area contributed by atoms with E-state index in [0.717, 1.165) is 38.9 Å². The van der Waals surface area contributed by atoms with Crippen LogP contribution in [-0.2, 0) is 34.4 Å². The molecule has 0 radical (unpaired) electrons. The van der Waals surface area contributed by atoms with E-state index in [0.29, 0.717) is 28.9 Å². The minimum absolute atomic E-state index is 0.182. The molecule has 0 amide bonds. The number of rotatable bonds is 11. The number of hydrogen-bond donors (Lipinski definition) is 3. The van der Waals surface area contributed by atoms with Crippen molar-refractivity contribution in [2.24, 2.45) is 0 Å². The third-order valence-electron chi connectivity index (χ3n) is 8.16. The molecular weight excluding hydrogens is 725 g/mol. The number of fused-ring (bicyclic) bond motifs is 2. The number of benzene rings is 6. The Hall–Kier alpha value is -6.24. The number of carboxylic acids is 1. The first-order chi connectivity index (χ1) is 25.8. The number of sulfonamides is 2. The summed E-state index contributed by atoms with van der Waals surface area (Å²) >= 11 is 0. The van der Waals surface area contributed by atoms with E-state index in [-0.39, 0.29) is 9.79 Å². The summed E-state index contributed by atoms with van der Waals surface area (Å²) in [5, 5.41) is 11.8. The molecule has 0 fully saturated rings. The lowest BCUT2D eigenvalue weighted by atomic mass is 10.0. The van der Waals surface area contributed by atoms with Crippen LogP contribution in [0.1, 0.15) is 29.2 Å². The quantitative estimate of drug-likeness (QED) is 0.0876. The number of esters is 1. The van der Waals surface area contributed by atoms with Crippen LogP contribution in [0.2, 0.25) is 0 Å². The zero-order chi connectivity index (χ0) is 38.9. The van der Waals surface area contributed by atoms with Crippen molar-refractivity contribution in [2.75, 3.05) is 16.1 Å². The Morgan fingerprint density at radius 3 is 1.35 bits per heavy atom. The molecule has 0 saturated heterocycles. The van der Waals surface area contributed by atoms with Crippen LogP contribution in [0.3, 0.4) is 0 Å². The van der Waals surface area contributed by atoms with Crippen LogP contribution in [0.4, 0.5) is 11.4 Å².